The number of hydrogen-bond acceptors (Lipinski definition) is 3. The predicted molar refractivity (Wildman–Crippen MR) is 38.5 cm³/mol. The Morgan fingerprint density at radius 1 is 1.78 bits per heavy atom. The molecule has 3 heteroatoms. The minimum Gasteiger partial charge on any atom is -0.367 e. The van der Waals surface area contributed by atoms with E-state index in [2.05, 4.69) is 6.92 Å². The zero-order chi connectivity index (χ0) is 6.69. The molecule has 0 spiro atoms. The maximum atomic E-state index is 9.13. The second kappa shape index (κ2) is 3.44. The summed E-state index contributed by atoms with van der Waals surface area (Å²) in [4.78, 5) is 0. The van der Waals surface area contributed by atoms with Gasteiger partial charge < -0.3 is 9.84 Å². The predicted octanol–water partition coefficient (Wildman–Crippen LogP) is 0.847. The highest BCUT2D eigenvalue weighted by molar-refractivity contribution is 8.00. The van der Waals surface area contributed by atoms with E-state index in [1.807, 2.05) is 0 Å². The van der Waals surface area contributed by atoms with Crippen LogP contribution in [0.1, 0.15) is 13.3 Å². The Balaban J connectivity index is 2.30. The number of rotatable bonds is 1. The molecule has 2 atom stereocenters. The van der Waals surface area contributed by atoms with Gasteiger partial charge in [-0.15, -0.1) is 0 Å². The number of ether oxygens (including phenoxy) is 1. The molecule has 1 fully saturated rings. The largest absolute Gasteiger partial charge is 0.367 e. The van der Waals surface area contributed by atoms with Gasteiger partial charge in [-0.3, -0.25) is 0 Å². The summed E-state index contributed by atoms with van der Waals surface area (Å²) in [6.07, 6.45) is 0.472. The molecule has 0 aromatic carbocycles. The lowest BCUT2D eigenvalue weighted by molar-refractivity contribution is -0.0983. The third-order valence-corrected chi connectivity index (χ3v) is 2.82. The van der Waals surface area contributed by atoms with Crippen molar-refractivity contribution in [2.24, 2.45) is 0 Å². The van der Waals surface area contributed by atoms with Crippen LogP contribution in [0.25, 0.3) is 0 Å². The minimum absolute atomic E-state index is 0.304. The highest BCUT2D eigenvalue weighted by atomic mass is 32.2. The van der Waals surface area contributed by atoms with Gasteiger partial charge >= 0.3 is 0 Å². The summed E-state index contributed by atoms with van der Waals surface area (Å²) in [7, 11) is 0. The number of hydrogen-bond donors (Lipinski definition) is 1. The van der Waals surface area contributed by atoms with E-state index in [4.69, 9.17) is 9.84 Å². The average Bonchev–Trinajstić information content (AvgIpc) is 1.89. The van der Waals surface area contributed by atoms with Crippen LogP contribution in [0, 0.1) is 0 Å². The van der Waals surface area contributed by atoms with Gasteiger partial charge in [0.15, 0.2) is 6.29 Å². The molecule has 0 radical (unpaired) electrons. The second-order valence-electron chi connectivity index (χ2n) is 2.08. The van der Waals surface area contributed by atoms with Crippen LogP contribution in [0.5, 0.6) is 0 Å². The van der Waals surface area contributed by atoms with Crippen LogP contribution in [0.4, 0.5) is 0 Å². The monoisotopic (exact) mass is 148 g/mol. The summed E-state index contributed by atoms with van der Waals surface area (Å²) in [5.41, 5.74) is 0. The van der Waals surface area contributed by atoms with E-state index in [-0.39, 0.29) is 0 Å². The summed E-state index contributed by atoms with van der Waals surface area (Å²) < 4.78 is 5.02. The SMILES string of the molecule is CCC1SCCOC1O. The first-order valence-electron chi connectivity index (χ1n) is 3.26. The maximum absolute atomic E-state index is 9.13. The first kappa shape index (κ1) is 7.38. The van der Waals surface area contributed by atoms with E-state index < -0.39 is 6.29 Å². The summed E-state index contributed by atoms with van der Waals surface area (Å²) in [6.45, 7) is 2.76. The summed E-state index contributed by atoms with van der Waals surface area (Å²) in [6, 6.07) is 0. The van der Waals surface area contributed by atoms with Gasteiger partial charge in [-0.1, -0.05) is 6.92 Å². The van der Waals surface area contributed by atoms with Gasteiger partial charge in [-0.25, -0.2) is 0 Å². The normalized spacial score (nSPS) is 36.7. The zero-order valence-corrected chi connectivity index (χ0v) is 6.36. The third kappa shape index (κ3) is 1.85. The molecule has 1 aliphatic heterocycles. The first-order valence-corrected chi connectivity index (χ1v) is 4.30. The molecule has 1 saturated heterocycles. The highest BCUT2D eigenvalue weighted by Crippen LogP contribution is 2.22. The van der Waals surface area contributed by atoms with Gasteiger partial charge in [0.25, 0.3) is 0 Å². The smallest absolute Gasteiger partial charge is 0.166 e. The Kier molecular flexibility index (Phi) is 2.82. The molecular formula is C6H12O2S. The zero-order valence-electron chi connectivity index (χ0n) is 5.54. The molecule has 0 aromatic rings. The van der Waals surface area contributed by atoms with E-state index in [0.717, 1.165) is 12.2 Å². The van der Waals surface area contributed by atoms with Crippen LogP contribution in [0.15, 0.2) is 0 Å². The topological polar surface area (TPSA) is 29.5 Å². The molecule has 54 valence electrons. The van der Waals surface area contributed by atoms with E-state index in [1.165, 1.54) is 0 Å². The molecule has 0 aliphatic carbocycles. The second-order valence-corrected chi connectivity index (χ2v) is 3.43. The molecule has 2 nitrogen and oxygen atoms in total. The Labute approximate surface area is 59.6 Å². The Hall–Kier alpha value is 0.270. The molecule has 9 heavy (non-hydrogen) atoms. The van der Waals surface area contributed by atoms with E-state index in [0.29, 0.717) is 11.9 Å². The van der Waals surface area contributed by atoms with Gasteiger partial charge in [0.05, 0.1) is 11.9 Å². The van der Waals surface area contributed by atoms with Crippen LogP contribution >= 0.6 is 11.8 Å². The molecule has 0 bridgehead atoms. The van der Waals surface area contributed by atoms with Crippen molar-refractivity contribution in [3.63, 3.8) is 0 Å². The lowest BCUT2D eigenvalue weighted by atomic mass is 10.3. The lowest BCUT2D eigenvalue weighted by Crippen LogP contribution is -2.31. The van der Waals surface area contributed by atoms with Crippen LogP contribution in [0.3, 0.4) is 0 Å². The van der Waals surface area contributed by atoms with E-state index in [1.54, 1.807) is 11.8 Å². The van der Waals surface area contributed by atoms with Gasteiger partial charge in [0.1, 0.15) is 0 Å². The molecule has 0 amide bonds. The Morgan fingerprint density at radius 3 is 3.00 bits per heavy atom. The van der Waals surface area contributed by atoms with Crippen LogP contribution in [0.2, 0.25) is 0 Å². The molecule has 1 heterocycles. The Bertz CT molecular complexity index is 87.1. The molecule has 1 N–H and O–H groups in total. The summed E-state index contributed by atoms with van der Waals surface area (Å²) in [5.74, 6) is 1.02. The molecular weight excluding hydrogens is 136 g/mol. The molecule has 2 unspecified atom stereocenters. The minimum atomic E-state index is -0.520. The quantitative estimate of drug-likeness (QED) is 0.597. The van der Waals surface area contributed by atoms with E-state index in [9.17, 15) is 0 Å². The fraction of sp³-hybridized carbons (Fsp3) is 1.00. The number of thioether (sulfide) groups is 1. The molecule has 0 aromatic heterocycles. The van der Waals surface area contributed by atoms with Crippen LogP contribution in [-0.2, 0) is 4.74 Å². The van der Waals surface area contributed by atoms with E-state index >= 15 is 0 Å². The third-order valence-electron chi connectivity index (χ3n) is 1.42. The number of aliphatic hydroxyl groups excluding tert-OH is 1. The van der Waals surface area contributed by atoms with Crippen molar-refractivity contribution in [3.8, 4) is 0 Å². The van der Waals surface area contributed by atoms with Gasteiger partial charge in [-0.2, -0.15) is 11.8 Å². The summed E-state index contributed by atoms with van der Waals surface area (Å²) >= 11 is 1.80. The fourth-order valence-electron chi connectivity index (χ4n) is 0.877. The fourth-order valence-corrected chi connectivity index (χ4v) is 1.85. The molecule has 0 saturated carbocycles. The van der Waals surface area contributed by atoms with Gasteiger partial charge in [-0.05, 0) is 6.42 Å². The lowest BCUT2D eigenvalue weighted by Gasteiger charge is -2.25. The van der Waals surface area contributed by atoms with Gasteiger partial charge in [0.2, 0.25) is 0 Å². The maximum Gasteiger partial charge on any atom is 0.166 e. The average molecular weight is 148 g/mol. The van der Waals surface area contributed by atoms with Crippen LogP contribution in [-0.4, -0.2) is 29.0 Å². The highest BCUT2D eigenvalue weighted by Gasteiger charge is 2.21. The van der Waals surface area contributed by atoms with Crippen molar-refractivity contribution in [1.82, 2.24) is 0 Å². The summed E-state index contributed by atoms with van der Waals surface area (Å²) in [5, 5.41) is 9.43. The Morgan fingerprint density at radius 2 is 2.56 bits per heavy atom. The standard InChI is InChI=1S/C6H12O2S/c1-2-5-6(7)8-3-4-9-5/h5-7H,2-4H2,1H3. The number of aliphatic hydroxyl groups is 1. The molecule has 1 rings (SSSR count). The van der Waals surface area contributed by atoms with Crippen molar-refractivity contribution >= 4 is 11.8 Å². The van der Waals surface area contributed by atoms with Crippen molar-refractivity contribution in [1.29, 1.82) is 0 Å². The molecule has 1 aliphatic rings. The van der Waals surface area contributed by atoms with Crippen molar-refractivity contribution in [2.45, 2.75) is 24.9 Å². The van der Waals surface area contributed by atoms with Crippen molar-refractivity contribution in [2.75, 3.05) is 12.4 Å². The van der Waals surface area contributed by atoms with Crippen molar-refractivity contribution in [3.05, 3.63) is 0 Å². The van der Waals surface area contributed by atoms with Crippen LogP contribution < -0.4 is 0 Å². The van der Waals surface area contributed by atoms with Crippen molar-refractivity contribution < 1.29 is 9.84 Å². The van der Waals surface area contributed by atoms with Gasteiger partial charge in [0, 0.05) is 5.75 Å². The first-order chi connectivity index (χ1) is 4.34.